The first-order valence-electron chi connectivity index (χ1n) is 7.73. The summed E-state index contributed by atoms with van der Waals surface area (Å²) < 4.78 is 4.57. The van der Waals surface area contributed by atoms with Crippen molar-refractivity contribution in [3.63, 3.8) is 0 Å². The highest BCUT2D eigenvalue weighted by molar-refractivity contribution is 5.75. The van der Waals surface area contributed by atoms with Crippen molar-refractivity contribution in [2.45, 2.75) is 52.4 Å². The molecule has 1 amide bonds. The standard InChI is InChI=1S/C17H29NO3/c1-15(2)11-7-6-10-14-18-16(19)12-8-4-5-9-13-17(20)21-3/h6-7,10-11,15H,4-5,8-9,12-14H2,1-3H3,(H,18,19)/b10-6-,11-7+. The summed E-state index contributed by atoms with van der Waals surface area (Å²) in [7, 11) is 1.40. The van der Waals surface area contributed by atoms with Gasteiger partial charge in [-0.05, 0) is 18.8 Å². The molecule has 0 aromatic rings. The number of esters is 1. The van der Waals surface area contributed by atoms with Gasteiger partial charge in [0.2, 0.25) is 5.91 Å². The topological polar surface area (TPSA) is 55.4 Å². The van der Waals surface area contributed by atoms with Crippen molar-refractivity contribution >= 4 is 11.9 Å². The van der Waals surface area contributed by atoms with E-state index in [-0.39, 0.29) is 11.9 Å². The first kappa shape index (κ1) is 19.4. The summed E-state index contributed by atoms with van der Waals surface area (Å²) in [6.45, 7) is 4.82. The van der Waals surface area contributed by atoms with Crippen LogP contribution in [-0.4, -0.2) is 25.5 Å². The van der Waals surface area contributed by atoms with Gasteiger partial charge in [0.25, 0.3) is 0 Å². The third-order valence-electron chi connectivity index (χ3n) is 2.92. The summed E-state index contributed by atoms with van der Waals surface area (Å²) >= 11 is 0. The van der Waals surface area contributed by atoms with Gasteiger partial charge in [-0.25, -0.2) is 0 Å². The average Bonchev–Trinajstić information content (AvgIpc) is 2.45. The van der Waals surface area contributed by atoms with E-state index in [1.54, 1.807) is 0 Å². The minimum atomic E-state index is -0.161. The van der Waals surface area contributed by atoms with Crippen molar-refractivity contribution in [3.8, 4) is 0 Å². The minimum Gasteiger partial charge on any atom is -0.469 e. The van der Waals surface area contributed by atoms with Crippen LogP contribution < -0.4 is 5.32 Å². The lowest BCUT2D eigenvalue weighted by molar-refractivity contribution is -0.140. The van der Waals surface area contributed by atoms with Gasteiger partial charge in [-0.3, -0.25) is 9.59 Å². The predicted octanol–water partition coefficient (Wildman–Crippen LogP) is 3.38. The minimum absolute atomic E-state index is 0.0838. The van der Waals surface area contributed by atoms with Gasteiger partial charge in [0.1, 0.15) is 0 Å². The number of rotatable bonds is 11. The number of hydrogen-bond acceptors (Lipinski definition) is 3. The van der Waals surface area contributed by atoms with Crippen molar-refractivity contribution in [2.75, 3.05) is 13.7 Å². The molecule has 0 aliphatic carbocycles. The molecule has 0 aliphatic rings. The number of nitrogens with one attached hydrogen (secondary N) is 1. The van der Waals surface area contributed by atoms with E-state index in [4.69, 9.17) is 0 Å². The first-order chi connectivity index (χ1) is 10.1. The Morgan fingerprint density at radius 1 is 1.05 bits per heavy atom. The second kappa shape index (κ2) is 13.4. The number of carbonyl (C=O) groups is 2. The van der Waals surface area contributed by atoms with Crippen LogP contribution in [0, 0.1) is 5.92 Å². The Bertz CT molecular complexity index is 346. The number of allylic oxidation sites excluding steroid dienone is 3. The Labute approximate surface area is 128 Å². The maximum Gasteiger partial charge on any atom is 0.305 e. The lowest BCUT2D eigenvalue weighted by atomic mass is 10.1. The molecule has 0 aromatic heterocycles. The van der Waals surface area contributed by atoms with E-state index in [1.807, 2.05) is 18.2 Å². The Kier molecular flexibility index (Phi) is 12.4. The van der Waals surface area contributed by atoms with Crippen LogP contribution in [0.2, 0.25) is 0 Å². The van der Waals surface area contributed by atoms with Gasteiger partial charge in [-0.15, -0.1) is 0 Å². The fourth-order valence-electron chi connectivity index (χ4n) is 1.70. The molecule has 4 heteroatoms. The number of carbonyl (C=O) groups excluding carboxylic acids is 2. The van der Waals surface area contributed by atoms with Crippen LogP contribution in [-0.2, 0) is 14.3 Å². The van der Waals surface area contributed by atoms with E-state index >= 15 is 0 Å². The molecule has 120 valence electrons. The average molecular weight is 295 g/mol. The zero-order chi connectivity index (χ0) is 15.9. The SMILES string of the molecule is COC(=O)CCCCCCC(=O)NC/C=C\C=C\C(C)C. The summed E-state index contributed by atoms with van der Waals surface area (Å²) in [4.78, 5) is 22.4. The molecule has 0 bridgehead atoms. The van der Waals surface area contributed by atoms with E-state index < -0.39 is 0 Å². The van der Waals surface area contributed by atoms with Gasteiger partial charge >= 0.3 is 5.97 Å². The third kappa shape index (κ3) is 14.6. The number of ether oxygens (including phenoxy) is 1. The molecule has 0 heterocycles. The van der Waals surface area contributed by atoms with Gasteiger partial charge in [-0.1, -0.05) is 51.0 Å². The predicted molar refractivity (Wildman–Crippen MR) is 85.8 cm³/mol. The zero-order valence-electron chi connectivity index (χ0n) is 13.6. The lowest BCUT2D eigenvalue weighted by Crippen LogP contribution is -2.22. The molecule has 0 fully saturated rings. The maximum absolute atomic E-state index is 11.5. The van der Waals surface area contributed by atoms with Crippen LogP contribution >= 0.6 is 0 Å². The Balaban J connectivity index is 3.44. The maximum atomic E-state index is 11.5. The van der Waals surface area contributed by atoms with Gasteiger partial charge < -0.3 is 10.1 Å². The molecule has 0 saturated heterocycles. The lowest BCUT2D eigenvalue weighted by Gasteiger charge is -2.02. The molecule has 4 nitrogen and oxygen atoms in total. The zero-order valence-corrected chi connectivity index (χ0v) is 13.6. The summed E-state index contributed by atoms with van der Waals surface area (Å²) in [6.07, 6.45) is 12.6. The molecule has 21 heavy (non-hydrogen) atoms. The number of amides is 1. The van der Waals surface area contributed by atoms with Crippen LogP contribution in [0.1, 0.15) is 52.4 Å². The molecule has 0 radical (unpaired) electrons. The highest BCUT2D eigenvalue weighted by atomic mass is 16.5. The Hall–Kier alpha value is -1.58. The second-order valence-corrected chi connectivity index (χ2v) is 5.35. The van der Waals surface area contributed by atoms with Gasteiger partial charge in [0.05, 0.1) is 7.11 Å². The Morgan fingerprint density at radius 2 is 1.71 bits per heavy atom. The molecular formula is C17H29NO3. The molecule has 0 rings (SSSR count). The molecule has 0 unspecified atom stereocenters. The fraction of sp³-hybridized carbons (Fsp3) is 0.647. The highest BCUT2D eigenvalue weighted by Gasteiger charge is 2.01. The largest absolute Gasteiger partial charge is 0.469 e. The van der Waals surface area contributed by atoms with Gasteiger partial charge in [0.15, 0.2) is 0 Å². The first-order valence-corrected chi connectivity index (χ1v) is 7.73. The molecule has 0 spiro atoms. The second-order valence-electron chi connectivity index (χ2n) is 5.35. The normalized spacial score (nSPS) is 11.4. The number of methoxy groups -OCH3 is 1. The van der Waals surface area contributed by atoms with E-state index in [2.05, 4.69) is 30.0 Å². The summed E-state index contributed by atoms with van der Waals surface area (Å²) in [6, 6.07) is 0. The number of hydrogen-bond donors (Lipinski definition) is 1. The monoisotopic (exact) mass is 295 g/mol. The quantitative estimate of drug-likeness (QED) is 0.361. The molecule has 1 N–H and O–H groups in total. The van der Waals surface area contributed by atoms with Crippen molar-refractivity contribution in [1.82, 2.24) is 5.32 Å². The molecule has 0 aliphatic heterocycles. The summed E-state index contributed by atoms with van der Waals surface area (Å²) in [5.74, 6) is 0.468. The van der Waals surface area contributed by atoms with Crippen molar-refractivity contribution in [2.24, 2.45) is 5.92 Å². The highest BCUT2D eigenvalue weighted by Crippen LogP contribution is 2.05. The van der Waals surface area contributed by atoms with Crippen LogP contribution in [0.25, 0.3) is 0 Å². The molecule has 0 saturated carbocycles. The summed E-state index contributed by atoms with van der Waals surface area (Å²) in [5, 5.41) is 2.86. The van der Waals surface area contributed by atoms with Gasteiger partial charge in [-0.2, -0.15) is 0 Å². The van der Waals surface area contributed by atoms with Crippen LogP contribution in [0.15, 0.2) is 24.3 Å². The van der Waals surface area contributed by atoms with Crippen LogP contribution in [0.4, 0.5) is 0 Å². The van der Waals surface area contributed by atoms with E-state index in [0.717, 1.165) is 25.7 Å². The van der Waals surface area contributed by atoms with E-state index in [9.17, 15) is 9.59 Å². The fourth-order valence-corrected chi connectivity index (χ4v) is 1.70. The van der Waals surface area contributed by atoms with Crippen molar-refractivity contribution < 1.29 is 14.3 Å². The van der Waals surface area contributed by atoms with Gasteiger partial charge in [0, 0.05) is 19.4 Å². The van der Waals surface area contributed by atoms with Crippen LogP contribution in [0.5, 0.6) is 0 Å². The van der Waals surface area contributed by atoms with Crippen molar-refractivity contribution in [3.05, 3.63) is 24.3 Å². The van der Waals surface area contributed by atoms with E-state index in [0.29, 0.717) is 25.3 Å². The van der Waals surface area contributed by atoms with Crippen LogP contribution in [0.3, 0.4) is 0 Å². The molecule has 0 aromatic carbocycles. The molecular weight excluding hydrogens is 266 g/mol. The third-order valence-corrected chi connectivity index (χ3v) is 2.92. The summed E-state index contributed by atoms with van der Waals surface area (Å²) in [5.41, 5.74) is 0. The molecule has 0 atom stereocenters. The van der Waals surface area contributed by atoms with E-state index in [1.165, 1.54) is 7.11 Å². The smallest absolute Gasteiger partial charge is 0.305 e. The Morgan fingerprint density at radius 3 is 2.33 bits per heavy atom. The van der Waals surface area contributed by atoms with Crippen molar-refractivity contribution in [1.29, 1.82) is 0 Å². The number of unbranched alkanes of at least 4 members (excludes halogenated alkanes) is 3.